The van der Waals surface area contributed by atoms with Crippen LogP contribution in [0.15, 0.2) is 79.1 Å². The zero-order valence-corrected chi connectivity index (χ0v) is 19.5. The first-order valence-electron chi connectivity index (χ1n) is 11.4. The number of hydrogen-bond donors (Lipinski definition) is 1. The topological polar surface area (TPSA) is 81.0 Å². The van der Waals surface area contributed by atoms with E-state index in [0.29, 0.717) is 24.5 Å². The lowest BCUT2D eigenvalue weighted by atomic mass is 10.1. The zero-order chi connectivity index (χ0) is 23.9. The van der Waals surface area contributed by atoms with Crippen molar-refractivity contribution in [3.05, 3.63) is 102 Å². The molecule has 8 nitrogen and oxygen atoms in total. The van der Waals surface area contributed by atoms with Crippen LogP contribution < -0.4 is 4.74 Å². The Morgan fingerprint density at radius 2 is 1.83 bits per heavy atom. The van der Waals surface area contributed by atoms with E-state index in [1.807, 2.05) is 59.5 Å². The number of carbonyl (C=O) groups is 1. The van der Waals surface area contributed by atoms with Crippen molar-refractivity contribution < 1.29 is 9.53 Å². The molecule has 0 unspecified atom stereocenters. The fourth-order valence-electron chi connectivity index (χ4n) is 4.56. The minimum absolute atomic E-state index is 0.106. The van der Waals surface area contributed by atoms with Gasteiger partial charge in [0.15, 0.2) is 0 Å². The second-order valence-electron chi connectivity index (χ2n) is 8.65. The average Bonchev–Trinajstić information content (AvgIpc) is 3.67. The highest BCUT2D eigenvalue weighted by molar-refractivity contribution is 5.93. The summed E-state index contributed by atoms with van der Waals surface area (Å²) in [6, 6.07) is 21.6. The van der Waals surface area contributed by atoms with Crippen molar-refractivity contribution >= 4 is 5.91 Å². The molecule has 0 atom stereocenters. The molecule has 1 N–H and O–H groups in total. The first kappa shape index (κ1) is 21.0. The third-order valence-electron chi connectivity index (χ3n) is 6.29. The van der Waals surface area contributed by atoms with E-state index in [9.17, 15) is 4.79 Å². The molecule has 174 valence electrons. The van der Waals surface area contributed by atoms with E-state index in [-0.39, 0.29) is 5.91 Å². The number of nitrogens with zero attached hydrogens (tertiary/aromatic N) is 5. The molecule has 0 saturated carbocycles. The third-order valence-corrected chi connectivity index (χ3v) is 6.29. The monoisotopic (exact) mass is 464 g/mol. The Kier molecular flexibility index (Phi) is 4.99. The molecule has 2 aromatic carbocycles. The Labute approximate surface area is 202 Å². The van der Waals surface area contributed by atoms with Crippen LogP contribution in [0.4, 0.5) is 0 Å². The quantitative estimate of drug-likeness (QED) is 0.415. The average molecular weight is 465 g/mol. The van der Waals surface area contributed by atoms with Crippen molar-refractivity contribution in [3.63, 3.8) is 0 Å². The van der Waals surface area contributed by atoms with Crippen molar-refractivity contribution in [3.8, 4) is 28.5 Å². The van der Waals surface area contributed by atoms with E-state index in [0.717, 1.165) is 34.1 Å². The molecule has 0 bridgehead atoms. The molecule has 0 aliphatic carbocycles. The first-order chi connectivity index (χ1) is 17.1. The smallest absolute Gasteiger partial charge is 0.272 e. The number of rotatable bonds is 5. The number of H-pyrrole nitrogens is 1. The fraction of sp³-hybridized carbons (Fsp3) is 0.148. The van der Waals surface area contributed by atoms with Crippen molar-refractivity contribution in [2.45, 2.75) is 20.0 Å². The van der Waals surface area contributed by atoms with Crippen LogP contribution >= 0.6 is 0 Å². The van der Waals surface area contributed by atoms with Crippen LogP contribution in [-0.4, -0.2) is 42.5 Å². The number of carbonyl (C=O) groups excluding carboxylic acids is 1. The Balaban J connectivity index is 1.31. The van der Waals surface area contributed by atoms with E-state index < -0.39 is 0 Å². The highest BCUT2D eigenvalue weighted by Crippen LogP contribution is 2.32. The lowest BCUT2D eigenvalue weighted by Gasteiger charge is -2.17. The summed E-state index contributed by atoms with van der Waals surface area (Å²) in [6.07, 6.45) is 4.01. The van der Waals surface area contributed by atoms with Crippen molar-refractivity contribution in [2.24, 2.45) is 0 Å². The molecule has 1 aliphatic rings. The fourth-order valence-corrected chi connectivity index (χ4v) is 4.56. The van der Waals surface area contributed by atoms with Gasteiger partial charge in [0.2, 0.25) is 0 Å². The summed E-state index contributed by atoms with van der Waals surface area (Å²) >= 11 is 0. The maximum atomic E-state index is 13.4. The number of nitrogens with one attached hydrogen (secondary N) is 1. The second-order valence-corrected chi connectivity index (χ2v) is 8.65. The van der Waals surface area contributed by atoms with Crippen LogP contribution in [0.25, 0.3) is 22.8 Å². The van der Waals surface area contributed by atoms with E-state index in [2.05, 4.69) is 39.9 Å². The van der Waals surface area contributed by atoms with Gasteiger partial charge in [-0.15, -0.1) is 0 Å². The number of aryl methyl sites for hydroxylation is 1. The lowest BCUT2D eigenvalue weighted by Crippen LogP contribution is -2.26. The van der Waals surface area contributed by atoms with Crippen molar-refractivity contribution in [1.29, 1.82) is 0 Å². The van der Waals surface area contributed by atoms with Crippen LogP contribution in [0.3, 0.4) is 0 Å². The predicted molar refractivity (Wildman–Crippen MR) is 132 cm³/mol. The van der Waals surface area contributed by atoms with Crippen LogP contribution in [0.5, 0.6) is 5.75 Å². The predicted octanol–water partition coefficient (Wildman–Crippen LogP) is 4.53. The van der Waals surface area contributed by atoms with Gasteiger partial charge in [-0.3, -0.25) is 9.89 Å². The van der Waals surface area contributed by atoms with Crippen LogP contribution in [0, 0.1) is 6.92 Å². The molecule has 0 fully saturated rings. The second kappa shape index (κ2) is 8.32. The molecule has 1 amide bonds. The number of methoxy groups -OCH3 is 1. The minimum atomic E-state index is -0.106. The van der Waals surface area contributed by atoms with Gasteiger partial charge in [0.1, 0.15) is 17.3 Å². The van der Waals surface area contributed by atoms with Crippen LogP contribution in [-0.2, 0) is 13.1 Å². The number of hydrogen-bond acceptors (Lipinski definition) is 4. The Bertz CT molecular complexity index is 1530. The Morgan fingerprint density at radius 3 is 2.63 bits per heavy atom. The van der Waals surface area contributed by atoms with Gasteiger partial charge in [-0.05, 0) is 55.0 Å². The van der Waals surface area contributed by atoms with Gasteiger partial charge in [-0.1, -0.05) is 24.3 Å². The number of aromatic nitrogens is 5. The Hall–Kier alpha value is -4.59. The SMILES string of the molecule is COc1cccc(-c2cc(C(=O)N3Cc4nn(-c5cccc(C)c5)c(-n5cccc5)c4C3)[nH]n2)c1. The highest BCUT2D eigenvalue weighted by atomic mass is 16.5. The Morgan fingerprint density at radius 1 is 1.00 bits per heavy atom. The zero-order valence-electron chi connectivity index (χ0n) is 19.5. The van der Waals surface area contributed by atoms with E-state index in [1.165, 1.54) is 5.56 Å². The van der Waals surface area contributed by atoms with Gasteiger partial charge in [-0.2, -0.15) is 10.2 Å². The van der Waals surface area contributed by atoms with Gasteiger partial charge in [0, 0.05) is 23.5 Å². The summed E-state index contributed by atoms with van der Waals surface area (Å²) in [7, 11) is 1.63. The van der Waals surface area contributed by atoms with Crippen molar-refractivity contribution in [2.75, 3.05) is 7.11 Å². The molecule has 0 radical (unpaired) electrons. The first-order valence-corrected chi connectivity index (χ1v) is 11.4. The van der Waals surface area contributed by atoms with Crippen LogP contribution in [0.2, 0.25) is 0 Å². The molecule has 4 heterocycles. The summed E-state index contributed by atoms with van der Waals surface area (Å²) in [5, 5.41) is 12.2. The van der Waals surface area contributed by atoms with E-state index in [4.69, 9.17) is 9.84 Å². The van der Waals surface area contributed by atoms with Crippen molar-refractivity contribution in [1.82, 2.24) is 29.4 Å². The molecular weight excluding hydrogens is 440 g/mol. The van der Waals surface area contributed by atoms with Gasteiger partial charge < -0.3 is 14.2 Å². The lowest BCUT2D eigenvalue weighted by molar-refractivity contribution is 0.0743. The number of benzene rings is 2. The normalized spacial score (nSPS) is 12.7. The minimum Gasteiger partial charge on any atom is -0.497 e. The highest BCUT2D eigenvalue weighted by Gasteiger charge is 2.32. The molecular formula is C27H24N6O2. The van der Waals surface area contributed by atoms with Gasteiger partial charge in [0.25, 0.3) is 5.91 Å². The maximum Gasteiger partial charge on any atom is 0.272 e. The molecule has 8 heteroatoms. The molecule has 1 aliphatic heterocycles. The molecule has 0 spiro atoms. The summed E-state index contributed by atoms with van der Waals surface area (Å²) in [6.45, 7) is 2.98. The molecule has 5 aromatic rings. The van der Waals surface area contributed by atoms with Gasteiger partial charge in [0.05, 0.1) is 37.3 Å². The third kappa shape index (κ3) is 3.69. The molecule has 35 heavy (non-hydrogen) atoms. The number of ether oxygens (including phenoxy) is 1. The summed E-state index contributed by atoms with van der Waals surface area (Å²) in [5.74, 6) is 1.59. The summed E-state index contributed by atoms with van der Waals surface area (Å²) in [4.78, 5) is 15.2. The van der Waals surface area contributed by atoms with Gasteiger partial charge in [-0.25, -0.2) is 4.68 Å². The van der Waals surface area contributed by atoms with E-state index in [1.54, 1.807) is 18.1 Å². The van der Waals surface area contributed by atoms with Gasteiger partial charge >= 0.3 is 0 Å². The largest absolute Gasteiger partial charge is 0.497 e. The molecule has 3 aromatic heterocycles. The number of fused-ring (bicyclic) bond motifs is 1. The van der Waals surface area contributed by atoms with E-state index >= 15 is 0 Å². The molecule has 0 saturated heterocycles. The maximum absolute atomic E-state index is 13.4. The van der Waals surface area contributed by atoms with Crippen LogP contribution in [0.1, 0.15) is 27.3 Å². The summed E-state index contributed by atoms with van der Waals surface area (Å²) < 4.78 is 9.33. The molecule has 6 rings (SSSR count). The number of amides is 1. The summed E-state index contributed by atoms with van der Waals surface area (Å²) in [5.41, 5.74) is 6.13. The number of aromatic amines is 1. The standard InChI is InChI=1S/C27H24N6O2/c1-18-7-5-9-20(13-18)33-26(31-11-3-4-12-31)22-16-32(17-25(22)30-33)27(34)24-15-23(28-29-24)19-8-6-10-21(14-19)35-2/h3-15H,16-17H2,1-2H3,(H,28,29).